The largest absolute Gasteiger partial charge is 0.466 e. The zero-order valence-corrected chi connectivity index (χ0v) is 11.8. The number of hydrogen-bond acceptors (Lipinski definition) is 3. The van der Waals surface area contributed by atoms with Gasteiger partial charge in [-0.3, -0.25) is 0 Å². The van der Waals surface area contributed by atoms with E-state index in [0.717, 1.165) is 11.1 Å². The second-order valence-corrected chi connectivity index (χ2v) is 4.68. The van der Waals surface area contributed by atoms with Gasteiger partial charge in [-0.15, -0.1) is 0 Å². The molecule has 1 atom stereocenters. The number of aryl methyl sites for hydroxylation is 1. The Labute approximate surface area is 118 Å². The van der Waals surface area contributed by atoms with Gasteiger partial charge in [0.2, 0.25) is 0 Å². The molecule has 0 saturated carbocycles. The smallest absolute Gasteiger partial charge is 0.337 e. The van der Waals surface area contributed by atoms with Crippen molar-refractivity contribution in [3.8, 4) is 0 Å². The molecule has 0 unspecified atom stereocenters. The van der Waals surface area contributed by atoms with E-state index in [0.29, 0.717) is 17.7 Å². The van der Waals surface area contributed by atoms with E-state index in [1.807, 2.05) is 38.1 Å². The highest BCUT2D eigenvalue weighted by molar-refractivity contribution is 5.95. The van der Waals surface area contributed by atoms with Gasteiger partial charge in [-0.25, -0.2) is 9.59 Å². The molecule has 1 aromatic rings. The van der Waals surface area contributed by atoms with Crippen LogP contribution >= 0.6 is 0 Å². The van der Waals surface area contributed by atoms with Crippen molar-refractivity contribution < 1.29 is 14.3 Å². The van der Waals surface area contributed by atoms with Gasteiger partial charge in [-0.2, -0.15) is 0 Å². The Hall–Kier alpha value is -2.30. The van der Waals surface area contributed by atoms with Crippen LogP contribution in [0.25, 0.3) is 0 Å². The second kappa shape index (κ2) is 5.77. The molecule has 20 heavy (non-hydrogen) atoms. The summed E-state index contributed by atoms with van der Waals surface area (Å²) in [6, 6.07) is 6.92. The molecule has 0 aromatic heterocycles. The Kier molecular flexibility index (Phi) is 4.08. The summed E-state index contributed by atoms with van der Waals surface area (Å²) in [6.07, 6.45) is 0.556. The van der Waals surface area contributed by atoms with E-state index < -0.39 is 12.0 Å². The van der Waals surface area contributed by atoms with Crippen LogP contribution in [0.4, 0.5) is 4.79 Å². The lowest BCUT2D eigenvalue weighted by atomic mass is 9.94. The first-order valence-corrected chi connectivity index (χ1v) is 6.52. The quantitative estimate of drug-likeness (QED) is 0.830. The maximum absolute atomic E-state index is 12.0. The monoisotopic (exact) mass is 274 g/mol. The van der Waals surface area contributed by atoms with Gasteiger partial charge in [0.15, 0.2) is 0 Å². The number of allylic oxidation sites excluding steroid dienone is 1. The third-order valence-electron chi connectivity index (χ3n) is 3.32. The van der Waals surface area contributed by atoms with E-state index in [9.17, 15) is 9.59 Å². The summed E-state index contributed by atoms with van der Waals surface area (Å²) >= 11 is 0. The molecular weight excluding hydrogens is 256 g/mol. The van der Waals surface area contributed by atoms with Crippen LogP contribution in [0, 0.1) is 6.92 Å². The van der Waals surface area contributed by atoms with Gasteiger partial charge in [0.1, 0.15) is 0 Å². The van der Waals surface area contributed by atoms with Gasteiger partial charge < -0.3 is 15.4 Å². The van der Waals surface area contributed by atoms with E-state index in [1.54, 1.807) is 0 Å². The van der Waals surface area contributed by atoms with Crippen molar-refractivity contribution in [2.24, 2.45) is 0 Å². The summed E-state index contributed by atoms with van der Waals surface area (Å²) in [7, 11) is 1.34. The van der Waals surface area contributed by atoms with E-state index in [2.05, 4.69) is 10.6 Å². The fourth-order valence-corrected chi connectivity index (χ4v) is 2.26. The maximum atomic E-state index is 12.0. The Balaban J connectivity index is 2.49. The molecule has 5 heteroatoms. The minimum absolute atomic E-state index is 0.305. The molecule has 2 amide bonds. The summed E-state index contributed by atoms with van der Waals surface area (Å²) in [4.78, 5) is 23.8. The van der Waals surface area contributed by atoms with Crippen molar-refractivity contribution >= 4 is 12.0 Å². The van der Waals surface area contributed by atoms with Crippen LogP contribution in [0.3, 0.4) is 0 Å². The molecule has 1 aliphatic rings. The van der Waals surface area contributed by atoms with Gasteiger partial charge in [-0.1, -0.05) is 36.8 Å². The molecule has 1 aliphatic heterocycles. The van der Waals surface area contributed by atoms with E-state index in [-0.39, 0.29) is 6.03 Å². The normalized spacial score (nSPS) is 18.4. The number of esters is 1. The molecule has 106 valence electrons. The van der Waals surface area contributed by atoms with Crippen molar-refractivity contribution in [1.82, 2.24) is 10.6 Å². The topological polar surface area (TPSA) is 67.4 Å². The molecule has 0 spiro atoms. The third-order valence-corrected chi connectivity index (χ3v) is 3.32. The zero-order valence-electron chi connectivity index (χ0n) is 11.8. The summed E-state index contributed by atoms with van der Waals surface area (Å²) in [6.45, 7) is 3.87. The number of nitrogens with one attached hydrogen (secondary N) is 2. The Bertz CT molecular complexity index is 561. The maximum Gasteiger partial charge on any atom is 0.337 e. The highest BCUT2D eigenvalue weighted by Crippen LogP contribution is 2.28. The van der Waals surface area contributed by atoms with Crippen molar-refractivity contribution in [3.05, 3.63) is 46.7 Å². The minimum Gasteiger partial charge on any atom is -0.466 e. The first-order chi connectivity index (χ1) is 9.56. The number of amides is 2. The second-order valence-electron chi connectivity index (χ2n) is 4.68. The standard InChI is InChI=1S/C15H18N2O3/c1-4-11-12(14(18)20-3)13(17-15(19)16-11)10-7-5-9(2)6-8-10/h5-8,13H,4H2,1-3H3,(H2,16,17,19)/t13-/m0/s1. The van der Waals surface area contributed by atoms with Gasteiger partial charge in [0.25, 0.3) is 0 Å². The summed E-state index contributed by atoms with van der Waals surface area (Å²) in [5.74, 6) is -0.431. The van der Waals surface area contributed by atoms with Crippen molar-refractivity contribution in [2.75, 3.05) is 7.11 Å². The van der Waals surface area contributed by atoms with Gasteiger partial charge >= 0.3 is 12.0 Å². The molecule has 1 aromatic carbocycles. The highest BCUT2D eigenvalue weighted by atomic mass is 16.5. The number of carbonyl (C=O) groups excluding carboxylic acids is 2. The van der Waals surface area contributed by atoms with Crippen molar-refractivity contribution in [1.29, 1.82) is 0 Å². The average molecular weight is 274 g/mol. The number of urea groups is 1. The fraction of sp³-hybridized carbons (Fsp3) is 0.333. The Morgan fingerprint density at radius 2 is 1.95 bits per heavy atom. The van der Waals surface area contributed by atoms with Crippen LogP contribution in [0.2, 0.25) is 0 Å². The number of ether oxygens (including phenoxy) is 1. The molecule has 0 aliphatic carbocycles. The SMILES string of the molecule is CCC1=C(C(=O)OC)[C@H](c2ccc(C)cc2)NC(=O)N1. The first kappa shape index (κ1) is 14.1. The molecule has 0 saturated heterocycles. The Morgan fingerprint density at radius 1 is 1.30 bits per heavy atom. The van der Waals surface area contributed by atoms with E-state index >= 15 is 0 Å². The van der Waals surface area contributed by atoms with Crippen LogP contribution in [-0.4, -0.2) is 19.1 Å². The summed E-state index contributed by atoms with van der Waals surface area (Å²) in [5.41, 5.74) is 3.04. The lowest BCUT2D eigenvalue weighted by molar-refractivity contribution is -0.136. The number of carbonyl (C=O) groups is 2. The van der Waals surface area contributed by atoms with E-state index in [4.69, 9.17) is 4.74 Å². The van der Waals surface area contributed by atoms with Gasteiger partial charge in [-0.05, 0) is 18.9 Å². The minimum atomic E-state index is -0.480. The van der Waals surface area contributed by atoms with Crippen LogP contribution in [0.1, 0.15) is 30.5 Å². The molecule has 1 heterocycles. The molecule has 0 fully saturated rings. The number of hydrogen-bond donors (Lipinski definition) is 2. The summed E-state index contributed by atoms with van der Waals surface area (Å²) in [5, 5.41) is 5.44. The fourth-order valence-electron chi connectivity index (χ4n) is 2.26. The van der Waals surface area contributed by atoms with Crippen LogP contribution < -0.4 is 10.6 Å². The predicted octanol–water partition coefficient (Wildman–Crippen LogP) is 2.19. The van der Waals surface area contributed by atoms with Crippen LogP contribution in [0.15, 0.2) is 35.5 Å². The third kappa shape index (κ3) is 2.66. The lowest BCUT2D eigenvalue weighted by Crippen LogP contribution is -2.45. The Morgan fingerprint density at radius 3 is 2.50 bits per heavy atom. The lowest BCUT2D eigenvalue weighted by Gasteiger charge is -2.28. The zero-order chi connectivity index (χ0) is 14.7. The molecule has 2 N–H and O–H groups in total. The highest BCUT2D eigenvalue weighted by Gasteiger charge is 2.32. The van der Waals surface area contributed by atoms with Crippen LogP contribution in [0.5, 0.6) is 0 Å². The molecule has 5 nitrogen and oxygen atoms in total. The first-order valence-electron chi connectivity index (χ1n) is 6.52. The van der Waals surface area contributed by atoms with Crippen molar-refractivity contribution in [3.63, 3.8) is 0 Å². The molecule has 0 radical (unpaired) electrons. The van der Waals surface area contributed by atoms with E-state index in [1.165, 1.54) is 7.11 Å². The number of rotatable bonds is 3. The number of benzene rings is 1. The average Bonchev–Trinajstić information content (AvgIpc) is 2.46. The van der Waals surface area contributed by atoms with Gasteiger partial charge in [0.05, 0.1) is 18.7 Å². The molecule has 2 rings (SSSR count). The summed E-state index contributed by atoms with van der Waals surface area (Å²) < 4.78 is 4.84. The van der Waals surface area contributed by atoms with Crippen LogP contribution in [-0.2, 0) is 9.53 Å². The van der Waals surface area contributed by atoms with Gasteiger partial charge in [0, 0.05) is 5.70 Å². The number of methoxy groups -OCH3 is 1. The molecular formula is C15H18N2O3. The predicted molar refractivity (Wildman–Crippen MR) is 74.9 cm³/mol. The molecule has 0 bridgehead atoms. The van der Waals surface area contributed by atoms with Crippen molar-refractivity contribution in [2.45, 2.75) is 26.3 Å².